The summed E-state index contributed by atoms with van der Waals surface area (Å²) >= 11 is 0. The number of rotatable bonds is 5. The third-order valence-electron chi connectivity index (χ3n) is 4.33. The van der Waals surface area contributed by atoms with Gasteiger partial charge in [-0.1, -0.05) is 42.0 Å². The van der Waals surface area contributed by atoms with E-state index in [0.717, 1.165) is 18.4 Å². The van der Waals surface area contributed by atoms with Crippen LogP contribution < -0.4 is 5.32 Å². The molecule has 1 aliphatic rings. The van der Waals surface area contributed by atoms with Crippen LogP contribution in [0.3, 0.4) is 0 Å². The number of amides is 2. The molecular formula is C20H28N2O2. The summed E-state index contributed by atoms with van der Waals surface area (Å²) in [6.45, 7) is 7.34. The summed E-state index contributed by atoms with van der Waals surface area (Å²) in [4.78, 5) is 26.2. The minimum Gasteiger partial charge on any atom is -0.354 e. The Balaban J connectivity index is 1.76. The third kappa shape index (κ3) is 5.52. The van der Waals surface area contributed by atoms with E-state index in [9.17, 15) is 9.59 Å². The highest BCUT2D eigenvalue weighted by Crippen LogP contribution is 2.18. The molecule has 1 aliphatic heterocycles. The number of hydrogen-bond donors (Lipinski definition) is 1. The standard InChI is InChI=1S/C20H28N2O2/c1-15(2)21-20(24)18-11-13-22(14-12-18)19(23)6-4-5-17-9-7-16(3)8-10-17/h4-5,7-10,15,18H,6,11-14H2,1-3H3,(H,21,24)/b5-4+. The summed E-state index contributed by atoms with van der Waals surface area (Å²) in [7, 11) is 0. The molecule has 1 fully saturated rings. The van der Waals surface area contributed by atoms with Crippen LogP contribution in [-0.2, 0) is 9.59 Å². The summed E-state index contributed by atoms with van der Waals surface area (Å²) in [6, 6.07) is 8.40. The molecule has 0 spiro atoms. The summed E-state index contributed by atoms with van der Waals surface area (Å²) in [6.07, 6.45) is 5.83. The van der Waals surface area contributed by atoms with Crippen molar-refractivity contribution < 1.29 is 9.59 Å². The Labute approximate surface area is 144 Å². The first-order chi connectivity index (χ1) is 11.5. The molecule has 0 bridgehead atoms. The fraction of sp³-hybridized carbons (Fsp3) is 0.500. The Bertz CT molecular complexity index is 582. The highest BCUT2D eigenvalue weighted by Gasteiger charge is 2.26. The molecule has 2 amide bonds. The third-order valence-corrected chi connectivity index (χ3v) is 4.33. The van der Waals surface area contributed by atoms with Crippen LogP contribution in [-0.4, -0.2) is 35.8 Å². The van der Waals surface area contributed by atoms with Gasteiger partial charge in [0.2, 0.25) is 11.8 Å². The fourth-order valence-electron chi connectivity index (χ4n) is 2.90. The number of likely N-dealkylation sites (tertiary alicyclic amines) is 1. The number of aryl methyl sites for hydroxylation is 1. The molecule has 0 unspecified atom stereocenters. The minimum absolute atomic E-state index is 0.0413. The lowest BCUT2D eigenvalue weighted by Crippen LogP contribution is -2.44. The number of carbonyl (C=O) groups is 2. The van der Waals surface area contributed by atoms with Gasteiger partial charge in [-0.25, -0.2) is 0 Å². The average Bonchev–Trinajstić information content (AvgIpc) is 2.56. The summed E-state index contributed by atoms with van der Waals surface area (Å²) in [5.41, 5.74) is 2.34. The molecule has 2 rings (SSSR count). The Hall–Kier alpha value is -2.10. The molecule has 130 valence electrons. The van der Waals surface area contributed by atoms with Gasteiger partial charge < -0.3 is 10.2 Å². The van der Waals surface area contributed by atoms with Crippen LogP contribution in [0.4, 0.5) is 0 Å². The maximum absolute atomic E-state index is 12.3. The summed E-state index contributed by atoms with van der Waals surface area (Å²) < 4.78 is 0. The number of carbonyl (C=O) groups excluding carboxylic acids is 2. The quantitative estimate of drug-likeness (QED) is 0.902. The highest BCUT2D eigenvalue weighted by atomic mass is 16.2. The van der Waals surface area contributed by atoms with E-state index in [-0.39, 0.29) is 23.8 Å². The smallest absolute Gasteiger partial charge is 0.226 e. The van der Waals surface area contributed by atoms with Crippen molar-refractivity contribution in [1.29, 1.82) is 0 Å². The second-order valence-corrected chi connectivity index (χ2v) is 6.84. The van der Waals surface area contributed by atoms with Gasteiger partial charge in [0.1, 0.15) is 0 Å². The predicted molar refractivity (Wildman–Crippen MR) is 97.4 cm³/mol. The number of nitrogens with one attached hydrogen (secondary N) is 1. The monoisotopic (exact) mass is 328 g/mol. The minimum atomic E-state index is 0.0413. The first kappa shape index (κ1) is 18.2. The Kier molecular flexibility index (Phi) is 6.59. The second kappa shape index (κ2) is 8.67. The zero-order chi connectivity index (χ0) is 17.5. The molecule has 0 atom stereocenters. The molecule has 1 heterocycles. The van der Waals surface area contributed by atoms with E-state index in [1.807, 2.05) is 30.9 Å². The van der Waals surface area contributed by atoms with Gasteiger partial charge in [-0.05, 0) is 39.2 Å². The zero-order valence-corrected chi connectivity index (χ0v) is 14.9. The second-order valence-electron chi connectivity index (χ2n) is 6.84. The van der Waals surface area contributed by atoms with Crippen LogP contribution in [0.2, 0.25) is 0 Å². The van der Waals surface area contributed by atoms with E-state index in [1.54, 1.807) is 0 Å². The van der Waals surface area contributed by atoms with Gasteiger partial charge in [0.05, 0.1) is 0 Å². The van der Waals surface area contributed by atoms with E-state index in [0.29, 0.717) is 19.5 Å². The molecule has 1 aromatic carbocycles. The average molecular weight is 328 g/mol. The van der Waals surface area contributed by atoms with E-state index >= 15 is 0 Å². The van der Waals surface area contributed by atoms with Crippen LogP contribution in [0.15, 0.2) is 30.3 Å². The van der Waals surface area contributed by atoms with E-state index in [1.165, 1.54) is 5.56 Å². The van der Waals surface area contributed by atoms with Crippen molar-refractivity contribution in [3.63, 3.8) is 0 Å². The molecular weight excluding hydrogens is 300 g/mol. The molecule has 0 aromatic heterocycles. The number of nitrogens with zero attached hydrogens (tertiary/aromatic N) is 1. The van der Waals surface area contributed by atoms with E-state index in [2.05, 4.69) is 36.5 Å². The van der Waals surface area contributed by atoms with Crippen LogP contribution >= 0.6 is 0 Å². The molecule has 1 saturated heterocycles. The topological polar surface area (TPSA) is 49.4 Å². The predicted octanol–water partition coefficient (Wildman–Crippen LogP) is 3.16. The van der Waals surface area contributed by atoms with Crippen molar-refractivity contribution in [2.24, 2.45) is 5.92 Å². The molecule has 4 nitrogen and oxygen atoms in total. The Morgan fingerprint density at radius 3 is 2.42 bits per heavy atom. The van der Waals surface area contributed by atoms with Crippen LogP contribution in [0, 0.1) is 12.8 Å². The van der Waals surface area contributed by atoms with Crippen molar-refractivity contribution in [1.82, 2.24) is 10.2 Å². The Morgan fingerprint density at radius 2 is 1.83 bits per heavy atom. The first-order valence-electron chi connectivity index (χ1n) is 8.77. The molecule has 1 aromatic rings. The van der Waals surface area contributed by atoms with Crippen LogP contribution in [0.5, 0.6) is 0 Å². The lowest BCUT2D eigenvalue weighted by atomic mass is 9.95. The molecule has 0 aliphatic carbocycles. The van der Waals surface area contributed by atoms with Crippen LogP contribution in [0.25, 0.3) is 6.08 Å². The van der Waals surface area contributed by atoms with Crippen molar-refractivity contribution >= 4 is 17.9 Å². The fourth-order valence-corrected chi connectivity index (χ4v) is 2.90. The Morgan fingerprint density at radius 1 is 1.21 bits per heavy atom. The van der Waals surface area contributed by atoms with Crippen LogP contribution in [0.1, 0.15) is 44.2 Å². The van der Waals surface area contributed by atoms with Gasteiger partial charge in [-0.2, -0.15) is 0 Å². The van der Waals surface area contributed by atoms with Crippen molar-refractivity contribution in [2.75, 3.05) is 13.1 Å². The number of benzene rings is 1. The van der Waals surface area contributed by atoms with Crippen molar-refractivity contribution in [3.05, 3.63) is 41.5 Å². The number of piperidine rings is 1. The summed E-state index contributed by atoms with van der Waals surface area (Å²) in [5, 5.41) is 2.96. The normalized spacial score (nSPS) is 15.9. The maximum Gasteiger partial charge on any atom is 0.226 e. The van der Waals surface area contributed by atoms with E-state index in [4.69, 9.17) is 0 Å². The maximum atomic E-state index is 12.3. The molecule has 0 saturated carbocycles. The lowest BCUT2D eigenvalue weighted by Gasteiger charge is -2.31. The van der Waals surface area contributed by atoms with Gasteiger partial charge in [-0.3, -0.25) is 9.59 Å². The zero-order valence-electron chi connectivity index (χ0n) is 14.9. The van der Waals surface area contributed by atoms with Gasteiger partial charge in [0.15, 0.2) is 0 Å². The van der Waals surface area contributed by atoms with Crippen molar-refractivity contribution in [3.8, 4) is 0 Å². The molecule has 24 heavy (non-hydrogen) atoms. The molecule has 1 N–H and O–H groups in total. The highest BCUT2D eigenvalue weighted by molar-refractivity contribution is 5.81. The lowest BCUT2D eigenvalue weighted by molar-refractivity contribution is -0.135. The van der Waals surface area contributed by atoms with Gasteiger partial charge >= 0.3 is 0 Å². The van der Waals surface area contributed by atoms with Gasteiger partial charge in [-0.15, -0.1) is 0 Å². The van der Waals surface area contributed by atoms with Crippen molar-refractivity contribution in [2.45, 2.75) is 46.1 Å². The largest absolute Gasteiger partial charge is 0.354 e. The van der Waals surface area contributed by atoms with E-state index < -0.39 is 0 Å². The molecule has 0 radical (unpaired) electrons. The SMILES string of the molecule is Cc1ccc(/C=C/CC(=O)N2CCC(C(=O)NC(C)C)CC2)cc1. The van der Waals surface area contributed by atoms with Gasteiger partial charge in [0.25, 0.3) is 0 Å². The number of hydrogen-bond acceptors (Lipinski definition) is 2. The molecule has 4 heteroatoms. The van der Waals surface area contributed by atoms with Gasteiger partial charge in [0, 0.05) is 31.5 Å². The summed E-state index contributed by atoms with van der Waals surface area (Å²) in [5.74, 6) is 0.303. The first-order valence-corrected chi connectivity index (χ1v) is 8.77.